The van der Waals surface area contributed by atoms with E-state index < -0.39 is 5.92 Å². The number of esters is 1. The molecular weight excluding hydrogens is 371 g/mol. The van der Waals surface area contributed by atoms with E-state index in [4.69, 9.17) is 9.47 Å². The third-order valence-corrected chi connectivity index (χ3v) is 6.62. The van der Waals surface area contributed by atoms with Gasteiger partial charge in [-0.25, -0.2) is 0 Å². The summed E-state index contributed by atoms with van der Waals surface area (Å²) in [6.45, 7) is 5.80. The summed E-state index contributed by atoms with van der Waals surface area (Å²) in [6.07, 6.45) is 0. The predicted molar refractivity (Wildman–Crippen MR) is 94.1 cm³/mol. The minimum atomic E-state index is -0.474. The molecule has 130 valence electrons. The molecule has 4 nitrogen and oxygen atoms in total. The summed E-state index contributed by atoms with van der Waals surface area (Å²) < 4.78 is 11.3. The van der Waals surface area contributed by atoms with Crippen LogP contribution in [-0.4, -0.2) is 40.6 Å². The van der Waals surface area contributed by atoms with Gasteiger partial charge in [-0.2, -0.15) is 0 Å². The van der Waals surface area contributed by atoms with Crippen molar-refractivity contribution in [1.29, 1.82) is 0 Å². The fraction of sp³-hybridized carbons (Fsp3) is 0.474. The molecule has 1 aliphatic carbocycles. The number of hydrogen-bond donors (Lipinski definition) is 0. The number of benzene rings is 1. The van der Waals surface area contributed by atoms with Gasteiger partial charge in [0.2, 0.25) is 0 Å². The molecule has 2 atom stereocenters. The second-order valence-electron chi connectivity index (χ2n) is 6.18. The molecule has 0 fully saturated rings. The molecular formula is C19H24O4Se. The Morgan fingerprint density at radius 1 is 1.25 bits per heavy atom. The number of Topliss-reactive ketones (excluding diaryl/α,β-unsaturated/α-hetero) is 1. The monoisotopic (exact) mass is 396 g/mol. The van der Waals surface area contributed by atoms with Crippen LogP contribution in [0.5, 0.6) is 0 Å². The van der Waals surface area contributed by atoms with Crippen molar-refractivity contribution in [3.63, 3.8) is 0 Å². The topological polar surface area (TPSA) is 52.6 Å². The number of allylic oxidation sites excluding steroid dienone is 1. The van der Waals surface area contributed by atoms with Gasteiger partial charge in [-0.15, -0.1) is 0 Å². The summed E-state index contributed by atoms with van der Waals surface area (Å²) in [4.78, 5) is 25.3. The summed E-state index contributed by atoms with van der Waals surface area (Å²) in [5.41, 5.74) is 1.66. The third-order valence-electron chi connectivity index (χ3n) is 4.24. The molecule has 0 N–H and O–H groups in total. The van der Waals surface area contributed by atoms with Gasteiger partial charge in [0.25, 0.3) is 0 Å². The Morgan fingerprint density at radius 3 is 2.50 bits per heavy atom. The summed E-state index contributed by atoms with van der Waals surface area (Å²) >= 11 is 0.147. The number of carbonyl (C=O) groups is 2. The van der Waals surface area contributed by atoms with Gasteiger partial charge in [0, 0.05) is 0 Å². The zero-order valence-electron chi connectivity index (χ0n) is 14.6. The van der Waals surface area contributed by atoms with Crippen LogP contribution >= 0.6 is 0 Å². The van der Waals surface area contributed by atoms with E-state index in [2.05, 4.69) is 12.1 Å². The molecule has 0 spiro atoms. The van der Waals surface area contributed by atoms with Crippen molar-refractivity contribution in [1.82, 2.24) is 0 Å². The molecule has 0 aliphatic heterocycles. The Hall–Kier alpha value is -1.42. The minimum absolute atomic E-state index is 0.0789. The maximum atomic E-state index is 12.7. The molecule has 1 aliphatic rings. The molecule has 0 amide bonds. The molecule has 0 radical (unpaired) electrons. The number of rotatable bonds is 7. The average Bonchev–Trinajstić information content (AvgIpc) is 2.83. The van der Waals surface area contributed by atoms with Gasteiger partial charge in [-0.1, -0.05) is 0 Å². The van der Waals surface area contributed by atoms with E-state index in [0.717, 1.165) is 11.1 Å². The fourth-order valence-electron chi connectivity index (χ4n) is 3.19. The average molecular weight is 395 g/mol. The first-order valence-electron chi connectivity index (χ1n) is 8.05. The number of ether oxygens (including phenoxy) is 2. The van der Waals surface area contributed by atoms with Crippen molar-refractivity contribution in [2.24, 2.45) is 17.8 Å². The van der Waals surface area contributed by atoms with Crippen LogP contribution in [0.3, 0.4) is 0 Å². The summed E-state index contributed by atoms with van der Waals surface area (Å²) in [5.74, 6) is -0.899. The van der Waals surface area contributed by atoms with Gasteiger partial charge in [-0.3, -0.25) is 0 Å². The van der Waals surface area contributed by atoms with Crippen molar-refractivity contribution >= 4 is 31.2 Å². The van der Waals surface area contributed by atoms with E-state index in [1.54, 1.807) is 0 Å². The molecule has 24 heavy (non-hydrogen) atoms. The zero-order valence-corrected chi connectivity index (χ0v) is 16.3. The van der Waals surface area contributed by atoms with E-state index in [1.807, 2.05) is 39.0 Å². The first-order valence-corrected chi connectivity index (χ1v) is 10.1. The zero-order chi connectivity index (χ0) is 17.7. The van der Waals surface area contributed by atoms with E-state index in [9.17, 15) is 9.59 Å². The van der Waals surface area contributed by atoms with Crippen LogP contribution in [-0.2, 0) is 19.1 Å². The Balaban J connectivity index is 2.20. The van der Waals surface area contributed by atoms with Gasteiger partial charge in [-0.05, 0) is 0 Å². The summed E-state index contributed by atoms with van der Waals surface area (Å²) in [7, 11) is 1.48. The van der Waals surface area contributed by atoms with Crippen LogP contribution < -0.4 is 4.46 Å². The Kier molecular flexibility index (Phi) is 6.78. The second kappa shape index (κ2) is 8.61. The van der Waals surface area contributed by atoms with Crippen LogP contribution in [0.2, 0.25) is 5.32 Å². The van der Waals surface area contributed by atoms with Gasteiger partial charge in [0.1, 0.15) is 0 Å². The van der Waals surface area contributed by atoms with Crippen LogP contribution in [0.15, 0.2) is 41.5 Å². The van der Waals surface area contributed by atoms with E-state index in [-0.39, 0.29) is 45.3 Å². The van der Waals surface area contributed by atoms with Gasteiger partial charge < -0.3 is 0 Å². The first-order chi connectivity index (χ1) is 11.5. The van der Waals surface area contributed by atoms with Crippen molar-refractivity contribution in [2.75, 3.05) is 13.9 Å². The number of methoxy groups -OCH3 is 1. The first kappa shape index (κ1) is 18.9. The molecule has 5 heteroatoms. The Bertz CT molecular complexity index is 622. The van der Waals surface area contributed by atoms with Crippen LogP contribution in [0, 0.1) is 17.8 Å². The van der Waals surface area contributed by atoms with Crippen molar-refractivity contribution in [2.45, 2.75) is 26.1 Å². The molecule has 1 aromatic rings. The van der Waals surface area contributed by atoms with Gasteiger partial charge in [0.15, 0.2) is 0 Å². The number of ketones is 1. The van der Waals surface area contributed by atoms with E-state index in [0.29, 0.717) is 5.32 Å². The summed E-state index contributed by atoms with van der Waals surface area (Å²) in [6, 6.07) is 10.1. The molecule has 0 saturated carbocycles. The Morgan fingerprint density at radius 2 is 1.92 bits per heavy atom. The van der Waals surface area contributed by atoms with Gasteiger partial charge in [0.05, 0.1) is 0 Å². The maximum absolute atomic E-state index is 12.7. The second-order valence-corrected chi connectivity index (χ2v) is 8.47. The predicted octanol–water partition coefficient (Wildman–Crippen LogP) is 2.37. The van der Waals surface area contributed by atoms with Crippen molar-refractivity contribution < 1.29 is 19.1 Å². The normalized spacial score (nSPS) is 20.8. The van der Waals surface area contributed by atoms with Crippen LogP contribution in [0.4, 0.5) is 0 Å². The molecule has 0 heterocycles. The number of carbonyl (C=O) groups excluding carboxylic acids is 2. The fourth-order valence-corrected chi connectivity index (χ4v) is 5.42. The third kappa shape index (κ3) is 4.15. The van der Waals surface area contributed by atoms with Crippen molar-refractivity contribution in [3.8, 4) is 0 Å². The standard InChI is InChI=1S/C19H24O4Se/c1-12(2)16-13(3)18(20)15(17(16)19(21)23-11-22-4)10-24-14-8-6-5-7-9-14/h5-9,12,15,17H,10-11H2,1-4H3/t15-,17+/m1/s1. The molecule has 2 rings (SSSR count). The van der Waals surface area contributed by atoms with Gasteiger partial charge >= 0.3 is 149 Å². The molecule has 0 aromatic heterocycles. The molecule has 0 unspecified atom stereocenters. The molecule has 0 saturated heterocycles. The van der Waals surface area contributed by atoms with E-state index in [1.165, 1.54) is 11.6 Å². The van der Waals surface area contributed by atoms with Crippen molar-refractivity contribution in [3.05, 3.63) is 41.5 Å². The van der Waals surface area contributed by atoms with E-state index >= 15 is 0 Å². The molecule has 0 bridgehead atoms. The summed E-state index contributed by atoms with van der Waals surface area (Å²) in [5, 5.41) is 0.705. The number of hydrogen-bond acceptors (Lipinski definition) is 4. The quantitative estimate of drug-likeness (QED) is 0.404. The molecule has 1 aromatic carbocycles. The van der Waals surface area contributed by atoms with Crippen LogP contribution in [0.1, 0.15) is 20.8 Å². The van der Waals surface area contributed by atoms with Crippen LogP contribution in [0.25, 0.3) is 0 Å². The SMILES string of the molecule is COCOC(=O)[C@@H]1C(C(C)C)=C(C)C(=O)[C@@H]1C[Se]c1ccccc1. The Labute approximate surface area is 149 Å².